The molecular weight excluding hydrogens is 458 g/mol. The van der Waals surface area contributed by atoms with Crippen molar-refractivity contribution in [2.75, 3.05) is 38.0 Å². The number of benzene rings is 2. The Balaban J connectivity index is 1.32. The summed E-state index contributed by atoms with van der Waals surface area (Å²) < 4.78 is 27.3. The van der Waals surface area contributed by atoms with Crippen molar-refractivity contribution < 1.29 is 13.2 Å². The van der Waals surface area contributed by atoms with E-state index >= 15 is 0 Å². The van der Waals surface area contributed by atoms with Gasteiger partial charge in [-0.15, -0.1) is 10.2 Å². The SMILES string of the molecule is Cc1ccc(C(=O)Nc2nnc(S(=O)(=O)N3CCN(C/C=C/c4ccccc4)CC3)s2)cc1. The molecule has 0 saturated carbocycles. The number of anilines is 1. The predicted molar refractivity (Wildman–Crippen MR) is 130 cm³/mol. The van der Waals surface area contributed by atoms with Crippen LogP contribution in [0.4, 0.5) is 5.13 Å². The Hall–Kier alpha value is -2.92. The molecule has 1 aliphatic rings. The first-order valence-electron chi connectivity index (χ1n) is 10.6. The molecule has 2 heterocycles. The van der Waals surface area contributed by atoms with Gasteiger partial charge in [0.05, 0.1) is 0 Å². The number of carbonyl (C=O) groups is 1. The molecule has 8 nitrogen and oxygen atoms in total. The van der Waals surface area contributed by atoms with Gasteiger partial charge in [-0.25, -0.2) is 8.42 Å². The first-order valence-corrected chi connectivity index (χ1v) is 12.8. The molecule has 33 heavy (non-hydrogen) atoms. The summed E-state index contributed by atoms with van der Waals surface area (Å²) in [6, 6.07) is 17.1. The highest BCUT2D eigenvalue weighted by Crippen LogP contribution is 2.24. The van der Waals surface area contributed by atoms with Crippen molar-refractivity contribution in [3.8, 4) is 0 Å². The molecule has 0 bridgehead atoms. The molecule has 0 aliphatic carbocycles. The molecule has 2 aromatic carbocycles. The maximum absolute atomic E-state index is 13.0. The van der Waals surface area contributed by atoms with E-state index in [2.05, 4.69) is 32.6 Å². The minimum atomic E-state index is -3.75. The second-order valence-corrected chi connectivity index (χ2v) is 10.8. The van der Waals surface area contributed by atoms with Crippen molar-refractivity contribution in [1.82, 2.24) is 19.4 Å². The van der Waals surface area contributed by atoms with Crippen molar-refractivity contribution in [2.45, 2.75) is 11.3 Å². The number of amides is 1. The summed E-state index contributed by atoms with van der Waals surface area (Å²) in [5.74, 6) is -0.354. The van der Waals surface area contributed by atoms with Gasteiger partial charge in [-0.3, -0.25) is 15.0 Å². The fourth-order valence-corrected chi connectivity index (χ4v) is 5.86. The molecule has 0 atom stereocenters. The van der Waals surface area contributed by atoms with Crippen LogP contribution in [0.3, 0.4) is 0 Å². The van der Waals surface area contributed by atoms with Gasteiger partial charge in [0.25, 0.3) is 15.9 Å². The normalized spacial score (nSPS) is 15.7. The van der Waals surface area contributed by atoms with Crippen LogP contribution in [0.1, 0.15) is 21.5 Å². The fraction of sp³-hybridized carbons (Fsp3) is 0.261. The fourth-order valence-electron chi connectivity index (χ4n) is 3.40. The van der Waals surface area contributed by atoms with Crippen LogP contribution in [0.5, 0.6) is 0 Å². The van der Waals surface area contributed by atoms with Crippen LogP contribution >= 0.6 is 11.3 Å². The second-order valence-electron chi connectivity index (χ2n) is 7.71. The number of sulfonamides is 1. The maximum atomic E-state index is 13.0. The zero-order valence-electron chi connectivity index (χ0n) is 18.2. The molecule has 1 saturated heterocycles. The number of piperazine rings is 1. The summed E-state index contributed by atoms with van der Waals surface area (Å²) in [4.78, 5) is 14.6. The number of aryl methyl sites for hydroxylation is 1. The van der Waals surface area contributed by atoms with Crippen LogP contribution in [-0.4, -0.2) is 66.5 Å². The first kappa shape index (κ1) is 23.2. The van der Waals surface area contributed by atoms with Crippen LogP contribution in [0.25, 0.3) is 6.08 Å². The Morgan fingerprint density at radius 1 is 1.03 bits per heavy atom. The zero-order chi connectivity index (χ0) is 23.3. The summed E-state index contributed by atoms with van der Waals surface area (Å²) in [5, 5.41) is 10.5. The van der Waals surface area contributed by atoms with Crippen molar-refractivity contribution in [1.29, 1.82) is 0 Å². The molecule has 1 N–H and O–H groups in total. The first-order chi connectivity index (χ1) is 15.9. The Bertz CT molecular complexity index is 1220. The molecule has 0 spiro atoms. The van der Waals surface area contributed by atoms with Crippen molar-refractivity contribution in [3.63, 3.8) is 0 Å². The number of nitrogens with one attached hydrogen (secondary N) is 1. The molecule has 0 radical (unpaired) electrons. The summed E-state index contributed by atoms with van der Waals surface area (Å²) in [6.07, 6.45) is 4.16. The van der Waals surface area contributed by atoms with Gasteiger partial charge in [0, 0.05) is 38.3 Å². The molecule has 1 aliphatic heterocycles. The van der Waals surface area contributed by atoms with E-state index in [1.165, 1.54) is 4.31 Å². The molecule has 1 aromatic heterocycles. The van der Waals surface area contributed by atoms with Crippen LogP contribution in [0, 0.1) is 6.92 Å². The van der Waals surface area contributed by atoms with Crippen molar-refractivity contribution in [3.05, 3.63) is 77.4 Å². The second kappa shape index (κ2) is 10.3. The lowest BCUT2D eigenvalue weighted by Gasteiger charge is -2.32. The lowest BCUT2D eigenvalue weighted by Crippen LogP contribution is -2.48. The van der Waals surface area contributed by atoms with Gasteiger partial charge in [0.1, 0.15) is 0 Å². The van der Waals surface area contributed by atoms with E-state index in [9.17, 15) is 13.2 Å². The van der Waals surface area contributed by atoms with E-state index in [4.69, 9.17) is 0 Å². The van der Waals surface area contributed by atoms with E-state index in [-0.39, 0.29) is 15.4 Å². The number of nitrogens with zero attached hydrogens (tertiary/aromatic N) is 4. The largest absolute Gasteiger partial charge is 0.297 e. The van der Waals surface area contributed by atoms with Crippen molar-refractivity contribution in [2.24, 2.45) is 0 Å². The summed E-state index contributed by atoms with van der Waals surface area (Å²) >= 11 is 0.863. The Morgan fingerprint density at radius 3 is 2.42 bits per heavy atom. The standard InChI is InChI=1S/C23H25N5O3S2/c1-18-9-11-20(12-10-18)21(29)24-22-25-26-23(32-22)33(30,31)28-16-14-27(15-17-28)13-5-8-19-6-3-2-4-7-19/h2-12H,13-17H2,1H3,(H,24,25,29)/b8-5+. The third-order valence-corrected chi connectivity index (χ3v) is 8.39. The summed E-state index contributed by atoms with van der Waals surface area (Å²) in [5.41, 5.74) is 2.65. The van der Waals surface area contributed by atoms with Gasteiger partial charge in [0.2, 0.25) is 9.47 Å². The van der Waals surface area contributed by atoms with Crippen LogP contribution < -0.4 is 5.32 Å². The number of rotatable bonds is 7. The molecule has 1 amide bonds. The Labute approximate surface area is 197 Å². The molecule has 3 aromatic rings. The average molecular weight is 484 g/mol. The highest BCUT2D eigenvalue weighted by molar-refractivity contribution is 7.91. The van der Waals surface area contributed by atoms with E-state index in [0.717, 1.165) is 29.0 Å². The van der Waals surface area contributed by atoms with E-state index in [1.54, 1.807) is 12.1 Å². The van der Waals surface area contributed by atoms with Gasteiger partial charge in [-0.1, -0.05) is 71.5 Å². The highest BCUT2D eigenvalue weighted by Gasteiger charge is 2.31. The maximum Gasteiger partial charge on any atom is 0.272 e. The van der Waals surface area contributed by atoms with Crippen LogP contribution in [-0.2, 0) is 10.0 Å². The lowest BCUT2D eigenvalue weighted by atomic mass is 10.1. The smallest absolute Gasteiger partial charge is 0.272 e. The summed E-state index contributed by atoms with van der Waals surface area (Å²) in [6.45, 7) is 4.72. The topological polar surface area (TPSA) is 95.5 Å². The number of hydrogen-bond acceptors (Lipinski definition) is 7. The van der Waals surface area contributed by atoms with Crippen LogP contribution in [0.15, 0.2) is 65.0 Å². The minimum Gasteiger partial charge on any atom is -0.297 e. The van der Waals surface area contributed by atoms with Crippen LogP contribution in [0.2, 0.25) is 0 Å². The number of hydrogen-bond donors (Lipinski definition) is 1. The quantitative estimate of drug-likeness (QED) is 0.519. The van der Waals surface area contributed by atoms with Gasteiger partial charge < -0.3 is 0 Å². The molecule has 4 rings (SSSR count). The zero-order valence-corrected chi connectivity index (χ0v) is 19.8. The number of carbonyl (C=O) groups excluding carboxylic acids is 1. The molecule has 172 valence electrons. The monoisotopic (exact) mass is 483 g/mol. The molecule has 1 fully saturated rings. The Morgan fingerprint density at radius 2 is 1.73 bits per heavy atom. The third kappa shape index (κ3) is 5.91. The van der Waals surface area contributed by atoms with E-state index in [1.807, 2.05) is 49.4 Å². The van der Waals surface area contributed by atoms with Crippen molar-refractivity contribution >= 4 is 38.5 Å². The summed E-state index contributed by atoms with van der Waals surface area (Å²) in [7, 11) is -3.75. The van der Waals surface area contributed by atoms with Gasteiger partial charge in [-0.2, -0.15) is 4.31 Å². The average Bonchev–Trinajstić information content (AvgIpc) is 3.30. The predicted octanol–water partition coefficient (Wildman–Crippen LogP) is 3.12. The van der Waals surface area contributed by atoms with Gasteiger partial charge >= 0.3 is 0 Å². The van der Waals surface area contributed by atoms with E-state index < -0.39 is 10.0 Å². The molecule has 10 heteroatoms. The highest BCUT2D eigenvalue weighted by atomic mass is 32.2. The van der Waals surface area contributed by atoms with E-state index in [0.29, 0.717) is 31.7 Å². The lowest BCUT2D eigenvalue weighted by molar-refractivity contribution is 0.102. The third-order valence-electron chi connectivity index (χ3n) is 5.31. The molecular formula is C23H25N5O3S2. The minimum absolute atomic E-state index is 0.112. The molecule has 0 unspecified atom stereocenters. The Kier molecular flexibility index (Phi) is 7.29. The van der Waals surface area contributed by atoms with Gasteiger partial charge in [0.15, 0.2) is 0 Å². The van der Waals surface area contributed by atoms with Gasteiger partial charge in [-0.05, 0) is 24.6 Å². The number of aromatic nitrogens is 2.